The van der Waals surface area contributed by atoms with E-state index in [9.17, 15) is 9.59 Å². The summed E-state index contributed by atoms with van der Waals surface area (Å²) in [5, 5.41) is 3.59. The Bertz CT molecular complexity index is 928. The van der Waals surface area contributed by atoms with Crippen LogP contribution >= 0.6 is 23.4 Å². The van der Waals surface area contributed by atoms with Crippen LogP contribution in [0.1, 0.15) is 29.6 Å². The normalized spacial score (nSPS) is 17.2. The van der Waals surface area contributed by atoms with Gasteiger partial charge in [-0.05, 0) is 75.0 Å². The van der Waals surface area contributed by atoms with Crippen molar-refractivity contribution in [1.29, 1.82) is 0 Å². The lowest BCUT2D eigenvalue weighted by atomic mass is 9.88. The quantitative estimate of drug-likeness (QED) is 0.379. The van der Waals surface area contributed by atoms with Crippen LogP contribution in [0.5, 0.6) is 5.75 Å². The fourth-order valence-corrected chi connectivity index (χ4v) is 5.10. The number of amides is 1. The van der Waals surface area contributed by atoms with Gasteiger partial charge in [0.1, 0.15) is 5.75 Å². The van der Waals surface area contributed by atoms with Crippen molar-refractivity contribution in [2.24, 2.45) is 5.92 Å². The number of hydrogen-bond acceptors (Lipinski definition) is 5. The Morgan fingerprint density at radius 2 is 2.00 bits per heavy atom. The minimum absolute atomic E-state index is 0.0235. The minimum atomic E-state index is -0.187. The van der Waals surface area contributed by atoms with E-state index in [1.807, 2.05) is 18.2 Å². The molecule has 0 saturated carbocycles. The number of carbonyl (C=O) groups is 2. The smallest absolute Gasteiger partial charge is 0.262 e. The lowest BCUT2D eigenvalue weighted by molar-refractivity contribution is -0.118. The van der Waals surface area contributed by atoms with Gasteiger partial charge in [0.2, 0.25) is 0 Å². The SMILES string of the molecule is O=C1COc2ccc(C(=O)C3CCN(CCCSc4ccccc4Cl)CC3)cc2N1. The number of fused-ring (bicyclic) bond motifs is 1. The zero-order valence-electron chi connectivity index (χ0n) is 16.7. The van der Waals surface area contributed by atoms with E-state index in [0.29, 0.717) is 17.0 Å². The predicted molar refractivity (Wildman–Crippen MR) is 121 cm³/mol. The summed E-state index contributed by atoms with van der Waals surface area (Å²) in [4.78, 5) is 28.0. The Morgan fingerprint density at radius 3 is 2.80 bits per heavy atom. The van der Waals surface area contributed by atoms with Crippen molar-refractivity contribution in [2.45, 2.75) is 24.2 Å². The van der Waals surface area contributed by atoms with Crippen molar-refractivity contribution in [2.75, 3.05) is 37.3 Å². The molecule has 7 heteroatoms. The Balaban J connectivity index is 1.22. The van der Waals surface area contributed by atoms with Crippen LogP contribution in [0.25, 0.3) is 0 Å². The van der Waals surface area contributed by atoms with Gasteiger partial charge in [-0.3, -0.25) is 9.59 Å². The summed E-state index contributed by atoms with van der Waals surface area (Å²) in [5.74, 6) is 1.66. The number of likely N-dealkylation sites (tertiary alicyclic amines) is 1. The summed E-state index contributed by atoms with van der Waals surface area (Å²) in [5.41, 5.74) is 1.24. The first-order chi connectivity index (χ1) is 14.6. The average Bonchev–Trinajstić information content (AvgIpc) is 2.77. The monoisotopic (exact) mass is 444 g/mol. The molecule has 0 radical (unpaired) electrons. The van der Waals surface area contributed by atoms with Gasteiger partial charge in [0, 0.05) is 16.4 Å². The van der Waals surface area contributed by atoms with Gasteiger partial charge in [-0.2, -0.15) is 0 Å². The number of ketones is 1. The summed E-state index contributed by atoms with van der Waals surface area (Å²) in [6.45, 7) is 2.95. The van der Waals surface area contributed by atoms with Crippen LogP contribution in [0.15, 0.2) is 47.4 Å². The van der Waals surface area contributed by atoms with E-state index >= 15 is 0 Å². The molecule has 1 amide bonds. The number of hydrogen-bond donors (Lipinski definition) is 1. The van der Waals surface area contributed by atoms with Crippen LogP contribution in [0, 0.1) is 5.92 Å². The van der Waals surface area contributed by atoms with E-state index in [2.05, 4.69) is 16.3 Å². The molecule has 1 saturated heterocycles. The number of anilines is 1. The molecule has 30 heavy (non-hydrogen) atoms. The molecule has 2 heterocycles. The summed E-state index contributed by atoms with van der Waals surface area (Å²) in [6.07, 6.45) is 2.84. The number of thioether (sulfide) groups is 1. The standard InChI is InChI=1S/C23H25ClN2O3S/c24-18-4-1-2-5-21(18)30-13-3-10-26-11-8-16(9-12-26)23(28)17-6-7-20-19(14-17)25-22(27)15-29-20/h1-2,4-7,14,16H,3,8-13,15H2,(H,25,27). The van der Waals surface area contributed by atoms with Crippen LogP contribution in [0.3, 0.4) is 0 Å². The van der Waals surface area contributed by atoms with Crippen LogP contribution < -0.4 is 10.1 Å². The summed E-state index contributed by atoms with van der Waals surface area (Å²) in [6, 6.07) is 13.3. The van der Waals surface area contributed by atoms with Gasteiger partial charge in [-0.1, -0.05) is 23.7 Å². The highest BCUT2D eigenvalue weighted by Crippen LogP contribution is 2.31. The Labute approximate surface area is 186 Å². The number of nitrogens with one attached hydrogen (secondary N) is 1. The fourth-order valence-electron chi connectivity index (χ4n) is 3.92. The first-order valence-electron chi connectivity index (χ1n) is 10.3. The highest BCUT2D eigenvalue weighted by atomic mass is 35.5. The molecule has 1 fully saturated rings. The molecule has 4 rings (SSSR count). The van der Waals surface area contributed by atoms with Crippen LogP contribution in [0.4, 0.5) is 5.69 Å². The molecule has 2 aliphatic heterocycles. The van der Waals surface area contributed by atoms with Crippen molar-refractivity contribution in [1.82, 2.24) is 4.90 Å². The predicted octanol–water partition coefficient (Wildman–Crippen LogP) is 4.75. The second kappa shape index (κ2) is 9.86. The van der Waals surface area contributed by atoms with E-state index in [1.165, 1.54) is 0 Å². The molecule has 158 valence electrons. The van der Waals surface area contributed by atoms with Crippen molar-refractivity contribution in [3.05, 3.63) is 53.1 Å². The van der Waals surface area contributed by atoms with Gasteiger partial charge < -0.3 is 15.0 Å². The molecule has 0 bridgehead atoms. The van der Waals surface area contributed by atoms with Crippen molar-refractivity contribution in [3.8, 4) is 5.75 Å². The maximum Gasteiger partial charge on any atom is 0.262 e. The zero-order chi connectivity index (χ0) is 20.9. The van der Waals surface area contributed by atoms with Crippen molar-refractivity contribution in [3.63, 3.8) is 0 Å². The minimum Gasteiger partial charge on any atom is -0.482 e. The Hall–Kier alpha value is -2.02. The number of carbonyl (C=O) groups excluding carboxylic acids is 2. The number of rotatable bonds is 7. The first kappa shape index (κ1) is 21.2. The zero-order valence-corrected chi connectivity index (χ0v) is 18.3. The largest absolute Gasteiger partial charge is 0.482 e. The van der Waals surface area contributed by atoms with E-state index in [0.717, 1.165) is 54.6 Å². The van der Waals surface area contributed by atoms with Gasteiger partial charge >= 0.3 is 0 Å². The number of ether oxygens (including phenoxy) is 1. The molecular formula is C23H25ClN2O3S. The summed E-state index contributed by atoms with van der Waals surface area (Å²) < 4.78 is 5.37. The lowest BCUT2D eigenvalue weighted by Crippen LogP contribution is -2.37. The number of benzene rings is 2. The van der Waals surface area contributed by atoms with Crippen molar-refractivity contribution >= 4 is 40.7 Å². The molecule has 0 unspecified atom stereocenters. The molecule has 1 N–H and O–H groups in total. The van der Waals surface area contributed by atoms with Crippen LogP contribution in [-0.4, -0.2) is 48.6 Å². The Kier molecular flexibility index (Phi) is 6.97. The molecule has 0 atom stereocenters. The highest BCUT2D eigenvalue weighted by Gasteiger charge is 2.27. The van der Waals surface area contributed by atoms with Crippen LogP contribution in [0.2, 0.25) is 5.02 Å². The Morgan fingerprint density at radius 1 is 1.20 bits per heavy atom. The van der Waals surface area contributed by atoms with E-state index in [4.69, 9.17) is 16.3 Å². The third-order valence-electron chi connectivity index (χ3n) is 5.57. The summed E-state index contributed by atoms with van der Waals surface area (Å²) >= 11 is 8.00. The number of Topliss-reactive ketones (excluding diaryl/α,β-unsaturated/α-hetero) is 1. The van der Waals surface area contributed by atoms with E-state index in [-0.39, 0.29) is 24.2 Å². The molecule has 2 aromatic rings. The average molecular weight is 445 g/mol. The van der Waals surface area contributed by atoms with Gasteiger partial charge in [0.15, 0.2) is 12.4 Å². The third kappa shape index (κ3) is 5.17. The van der Waals surface area contributed by atoms with Gasteiger partial charge in [0.05, 0.1) is 10.7 Å². The molecule has 0 aromatic heterocycles. The number of nitrogens with zero attached hydrogens (tertiary/aromatic N) is 1. The number of halogens is 1. The van der Waals surface area contributed by atoms with Gasteiger partial charge in [-0.15, -0.1) is 11.8 Å². The summed E-state index contributed by atoms with van der Waals surface area (Å²) in [7, 11) is 0. The fraction of sp³-hybridized carbons (Fsp3) is 0.391. The van der Waals surface area contributed by atoms with Gasteiger partial charge in [0.25, 0.3) is 5.91 Å². The molecule has 5 nitrogen and oxygen atoms in total. The molecule has 0 spiro atoms. The molecule has 2 aromatic carbocycles. The molecular weight excluding hydrogens is 420 g/mol. The van der Waals surface area contributed by atoms with E-state index < -0.39 is 0 Å². The topological polar surface area (TPSA) is 58.6 Å². The molecule has 2 aliphatic rings. The first-order valence-corrected chi connectivity index (χ1v) is 11.7. The lowest BCUT2D eigenvalue weighted by Gasteiger charge is -2.31. The van der Waals surface area contributed by atoms with E-state index in [1.54, 1.807) is 30.0 Å². The highest BCUT2D eigenvalue weighted by molar-refractivity contribution is 7.99. The van der Waals surface area contributed by atoms with Crippen LogP contribution in [-0.2, 0) is 4.79 Å². The second-order valence-corrected chi connectivity index (χ2v) is 9.20. The molecule has 0 aliphatic carbocycles. The van der Waals surface area contributed by atoms with Gasteiger partial charge in [-0.25, -0.2) is 0 Å². The maximum atomic E-state index is 12.9. The third-order valence-corrected chi connectivity index (χ3v) is 7.17. The maximum absolute atomic E-state index is 12.9. The second-order valence-electron chi connectivity index (χ2n) is 7.66. The number of piperidine rings is 1. The van der Waals surface area contributed by atoms with Crippen molar-refractivity contribution < 1.29 is 14.3 Å².